The van der Waals surface area contributed by atoms with Crippen molar-refractivity contribution in [3.8, 4) is 11.5 Å². The number of aliphatic carboxylic acids is 1. The number of carboxylic acid groups (broad SMARTS) is 1. The lowest BCUT2D eigenvalue weighted by molar-refractivity contribution is -0.137. The molecular formula is C13H15FO4. The number of carboxylic acids is 1. The SMILES string of the molecule is COc1c(C(CC(=O)O)C2CC2)ccc(O)c1F. The van der Waals surface area contributed by atoms with Gasteiger partial charge in [0.25, 0.3) is 0 Å². The first kappa shape index (κ1) is 12.7. The fourth-order valence-electron chi connectivity index (χ4n) is 2.28. The van der Waals surface area contributed by atoms with Gasteiger partial charge in [-0.3, -0.25) is 4.79 Å². The summed E-state index contributed by atoms with van der Waals surface area (Å²) >= 11 is 0. The van der Waals surface area contributed by atoms with E-state index < -0.39 is 17.5 Å². The molecule has 0 aromatic heterocycles. The lowest BCUT2D eigenvalue weighted by atomic mass is 9.90. The Morgan fingerprint density at radius 2 is 2.22 bits per heavy atom. The van der Waals surface area contributed by atoms with Gasteiger partial charge in [0, 0.05) is 11.5 Å². The summed E-state index contributed by atoms with van der Waals surface area (Å²) in [6.07, 6.45) is 1.85. The Balaban J connectivity index is 2.40. The quantitative estimate of drug-likeness (QED) is 0.847. The van der Waals surface area contributed by atoms with E-state index in [1.165, 1.54) is 13.2 Å². The molecule has 0 spiro atoms. The fraction of sp³-hybridized carbons (Fsp3) is 0.462. The van der Waals surface area contributed by atoms with Crippen molar-refractivity contribution in [3.63, 3.8) is 0 Å². The van der Waals surface area contributed by atoms with E-state index >= 15 is 0 Å². The van der Waals surface area contributed by atoms with Gasteiger partial charge in [0.15, 0.2) is 11.5 Å². The van der Waals surface area contributed by atoms with Gasteiger partial charge < -0.3 is 14.9 Å². The van der Waals surface area contributed by atoms with Crippen LogP contribution >= 0.6 is 0 Å². The van der Waals surface area contributed by atoms with Crippen LogP contribution in [0, 0.1) is 11.7 Å². The molecule has 0 bridgehead atoms. The first-order valence-corrected chi connectivity index (χ1v) is 5.81. The minimum atomic E-state index is -0.914. The smallest absolute Gasteiger partial charge is 0.303 e. The molecule has 98 valence electrons. The molecule has 2 N–H and O–H groups in total. The summed E-state index contributed by atoms with van der Waals surface area (Å²) in [5, 5.41) is 18.2. The fourth-order valence-corrected chi connectivity index (χ4v) is 2.28. The lowest BCUT2D eigenvalue weighted by Gasteiger charge is -2.18. The van der Waals surface area contributed by atoms with Gasteiger partial charge in [-0.2, -0.15) is 4.39 Å². The van der Waals surface area contributed by atoms with Gasteiger partial charge in [-0.05, 0) is 24.8 Å². The molecule has 0 aliphatic heterocycles. The van der Waals surface area contributed by atoms with E-state index in [0.717, 1.165) is 12.8 Å². The highest BCUT2D eigenvalue weighted by molar-refractivity contribution is 5.68. The summed E-state index contributed by atoms with van der Waals surface area (Å²) in [7, 11) is 1.31. The van der Waals surface area contributed by atoms with Gasteiger partial charge in [0.05, 0.1) is 13.5 Å². The van der Waals surface area contributed by atoms with Crippen molar-refractivity contribution in [3.05, 3.63) is 23.5 Å². The molecule has 1 aromatic carbocycles. The number of methoxy groups -OCH3 is 1. The van der Waals surface area contributed by atoms with E-state index in [-0.39, 0.29) is 24.0 Å². The maximum Gasteiger partial charge on any atom is 0.303 e. The Kier molecular flexibility index (Phi) is 3.41. The largest absolute Gasteiger partial charge is 0.505 e. The van der Waals surface area contributed by atoms with Gasteiger partial charge in [-0.25, -0.2) is 0 Å². The maximum absolute atomic E-state index is 13.7. The predicted molar refractivity (Wildman–Crippen MR) is 62.3 cm³/mol. The number of benzene rings is 1. The molecule has 0 heterocycles. The first-order valence-electron chi connectivity index (χ1n) is 5.81. The van der Waals surface area contributed by atoms with Gasteiger partial charge in [-0.15, -0.1) is 0 Å². The van der Waals surface area contributed by atoms with Gasteiger partial charge in [-0.1, -0.05) is 6.07 Å². The van der Waals surface area contributed by atoms with E-state index in [2.05, 4.69) is 0 Å². The number of hydrogen-bond acceptors (Lipinski definition) is 3. The molecule has 18 heavy (non-hydrogen) atoms. The van der Waals surface area contributed by atoms with Crippen LogP contribution in [0.15, 0.2) is 12.1 Å². The topological polar surface area (TPSA) is 66.8 Å². The molecule has 4 nitrogen and oxygen atoms in total. The zero-order valence-electron chi connectivity index (χ0n) is 10.0. The van der Waals surface area contributed by atoms with Crippen LogP contribution in [0.2, 0.25) is 0 Å². The van der Waals surface area contributed by atoms with E-state index in [9.17, 15) is 14.3 Å². The molecule has 1 aromatic rings. The Hall–Kier alpha value is -1.78. The van der Waals surface area contributed by atoms with Crippen molar-refractivity contribution >= 4 is 5.97 Å². The molecule has 1 fully saturated rings. The van der Waals surface area contributed by atoms with E-state index in [1.807, 2.05) is 0 Å². The number of ether oxygens (including phenoxy) is 1. The number of phenolic OH excluding ortho intramolecular Hbond substituents is 1. The summed E-state index contributed by atoms with van der Waals surface area (Å²) in [6, 6.07) is 2.79. The van der Waals surface area contributed by atoms with Crippen molar-refractivity contribution < 1.29 is 24.1 Å². The molecule has 0 radical (unpaired) electrons. The van der Waals surface area contributed by atoms with Gasteiger partial charge in [0.2, 0.25) is 5.82 Å². The van der Waals surface area contributed by atoms with Crippen LogP contribution in [-0.4, -0.2) is 23.3 Å². The molecule has 1 saturated carbocycles. The van der Waals surface area contributed by atoms with Crippen LogP contribution in [0.1, 0.15) is 30.7 Å². The third-order valence-corrected chi connectivity index (χ3v) is 3.30. The van der Waals surface area contributed by atoms with Crippen molar-refractivity contribution in [2.45, 2.75) is 25.2 Å². The average molecular weight is 254 g/mol. The van der Waals surface area contributed by atoms with Crippen molar-refractivity contribution in [1.82, 2.24) is 0 Å². The molecule has 0 amide bonds. The Bertz CT molecular complexity index is 468. The maximum atomic E-state index is 13.7. The highest BCUT2D eigenvalue weighted by Gasteiger charge is 2.36. The Labute approximate surface area is 104 Å². The first-order chi connectivity index (χ1) is 8.54. The van der Waals surface area contributed by atoms with E-state index in [4.69, 9.17) is 9.84 Å². The standard InChI is InChI=1S/C13H15FO4/c1-18-13-8(4-5-10(15)12(13)14)9(6-11(16)17)7-2-3-7/h4-5,7,9,15H,2-3,6H2,1H3,(H,16,17). The zero-order valence-corrected chi connectivity index (χ0v) is 10.0. The normalized spacial score (nSPS) is 16.3. The van der Waals surface area contributed by atoms with E-state index in [0.29, 0.717) is 5.56 Å². The molecule has 5 heteroatoms. The van der Waals surface area contributed by atoms with Crippen LogP contribution in [0.25, 0.3) is 0 Å². The van der Waals surface area contributed by atoms with Crippen LogP contribution in [0.3, 0.4) is 0 Å². The number of halogens is 1. The minimum Gasteiger partial charge on any atom is -0.505 e. The third kappa shape index (κ3) is 2.39. The van der Waals surface area contributed by atoms with Crippen LogP contribution < -0.4 is 4.74 Å². The second-order valence-corrected chi connectivity index (χ2v) is 4.56. The second-order valence-electron chi connectivity index (χ2n) is 4.56. The number of carbonyl (C=O) groups is 1. The van der Waals surface area contributed by atoms with Crippen molar-refractivity contribution in [2.75, 3.05) is 7.11 Å². The van der Waals surface area contributed by atoms with Crippen LogP contribution in [-0.2, 0) is 4.79 Å². The second kappa shape index (κ2) is 4.84. The van der Waals surface area contributed by atoms with Gasteiger partial charge >= 0.3 is 5.97 Å². The highest BCUT2D eigenvalue weighted by Crippen LogP contribution is 2.48. The van der Waals surface area contributed by atoms with Crippen molar-refractivity contribution in [2.24, 2.45) is 5.92 Å². The van der Waals surface area contributed by atoms with Crippen LogP contribution in [0.5, 0.6) is 11.5 Å². The summed E-state index contributed by atoms with van der Waals surface area (Å²) in [6.45, 7) is 0. The van der Waals surface area contributed by atoms with Gasteiger partial charge in [0.1, 0.15) is 0 Å². The molecule has 1 atom stereocenters. The van der Waals surface area contributed by atoms with E-state index in [1.54, 1.807) is 6.07 Å². The third-order valence-electron chi connectivity index (χ3n) is 3.30. The molecule has 0 saturated heterocycles. The number of rotatable bonds is 5. The summed E-state index contributed by atoms with van der Waals surface area (Å²) in [4.78, 5) is 10.9. The highest BCUT2D eigenvalue weighted by atomic mass is 19.1. The number of phenols is 1. The average Bonchev–Trinajstić information content (AvgIpc) is 3.13. The Morgan fingerprint density at radius 3 is 2.72 bits per heavy atom. The molecular weight excluding hydrogens is 239 g/mol. The predicted octanol–water partition coefficient (Wildman–Crippen LogP) is 2.51. The molecule has 1 unspecified atom stereocenters. The molecule has 1 aliphatic carbocycles. The van der Waals surface area contributed by atoms with Crippen LogP contribution in [0.4, 0.5) is 4.39 Å². The monoisotopic (exact) mass is 254 g/mol. The zero-order chi connectivity index (χ0) is 13.3. The summed E-state index contributed by atoms with van der Waals surface area (Å²) in [5.41, 5.74) is 0.526. The summed E-state index contributed by atoms with van der Waals surface area (Å²) in [5.74, 6) is -2.27. The number of aromatic hydroxyl groups is 1. The molecule has 1 aliphatic rings. The minimum absolute atomic E-state index is 0.0480. The number of hydrogen-bond donors (Lipinski definition) is 2. The molecule has 2 rings (SSSR count). The summed E-state index contributed by atoms with van der Waals surface area (Å²) < 4.78 is 18.7. The lowest BCUT2D eigenvalue weighted by Crippen LogP contribution is -2.10. The Morgan fingerprint density at radius 1 is 1.56 bits per heavy atom. The van der Waals surface area contributed by atoms with Crippen molar-refractivity contribution in [1.29, 1.82) is 0 Å².